The van der Waals surface area contributed by atoms with E-state index in [2.05, 4.69) is 15.8 Å². The van der Waals surface area contributed by atoms with E-state index < -0.39 is 16.1 Å². The second-order valence-corrected chi connectivity index (χ2v) is 9.13. The summed E-state index contributed by atoms with van der Waals surface area (Å²) in [4.78, 5) is 12.8. The fourth-order valence-electron chi connectivity index (χ4n) is 3.44. The standard InChI is InChI=1S/C20H28N4O4S/c1-3-17(20(25)22-19-13-15(2)28-23-19)21-14-16-9-5-6-10-18(16)29(26,27)24-11-7-4-8-12-24/h5-6,9-10,13,17,21H,3-4,7-8,11-12,14H2,1-2H3,(H,22,23,25). The Morgan fingerprint density at radius 2 is 1.97 bits per heavy atom. The molecule has 0 bridgehead atoms. The van der Waals surface area contributed by atoms with Crippen LogP contribution in [0.15, 0.2) is 39.8 Å². The number of hydrogen-bond donors (Lipinski definition) is 2. The molecule has 0 aliphatic carbocycles. The lowest BCUT2D eigenvalue weighted by Gasteiger charge is -2.27. The lowest BCUT2D eigenvalue weighted by Crippen LogP contribution is -2.40. The molecule has 158 valence electrons. The van der Waals surface area contributed by atoms with Gasteiger partial charge in [0.25, 0.3) is 0 Å². The molecule has 1 aliphatic heterocycles. The molecule has 0 radical (unpaired) electrons. The first-order chi connectivity index (χ1) is 13.9. The number of rotatable bonds is 8. The van der Waals surface area contributed by atoms with Gasteiger partial charge in [0.05, 0.1) is 10.9 Å². The van der Waals surface area contributed by atoms with Crippen LogP contribution in [0.4, 0.5) is 5.82 Å². The SMILES string of the molecule is CCC(NCc1ccccc1S(=O)(=O)N1CCCCC1)C(=O)Nc1cc(C)on1. The molecule has 0 spiro atoms. The average molecular weight is 421 g/mol. The fourth-order valence-corrected chi connectivity index (χ4v) is 5.18. The lowest BCUT2D eigenvalue weighted by molar-refractivity contribution is -0.118. The highest BCUT2D eigenvalue weighted by molar-refractivity contribution is 7.89. The van der Waals surface area contributed by atoms with E-state index in [-0.39, 0.29) is 12.5 Å². The van der Waals surface area contributed by atoms with Crippen molar-refractivity contribution in [1.29, 1.82) is 0 Å². The van der Waals surface area contributed by atoms with E-state index in [9.17, 15) is 13.2 Å². The van der Waals surface area contributed by atoms with Gasteiger partial charge < -0.3 is 15.2 Å². The molecule has 1 aliphatic rings. The zero-order valence-electron chi connectivity index (χ0n) is 16.8. The van der Waals surface area contributed by atoms with Crippen molar-refractivity contribution in [2.45, 2.75) is 57.0 Å². The molecule has 2 heterocycles. The van der Waals surface area contributed by atoms with Gasteiger partial charge in [-0.1, -0.05) is 36.7 Å². The molecule has 1 aromatic heterocycles. The first-order valence-corrected chi connectivity index (χ1v) is 11.4. The van der Waals surface area contributed by atoms with E-state index in [1.807, 2.05) is 13.0 Å². The maximum atomic E-state index is 13.1. The number of sulfonamides is 1. The number of amides is 1. The van der Waals surface area contributed by atoms with E-state index in [4.69, 9.17) is 4.52 Å². The van der Waals surface area contributed by atoms with Crippen molar-refractivity contribution in [2.75, 3.05) is 18.4 Å². The largest absolute Gasteiger partial charge is 0.360 e. The number of nitrogens with one attached hydrogen (secondary N) is 2. The Kier molecular flexibility index (Phi) is 7.05. The summed E-state index contributed by atoms with van der Waals surface area (Å²) < 4.78 is 32.7. The van der Waals surface area contributed by atoms with E-state index >= 15 is 0 Å². The van der Waals surface area contributed by atoms with Gasteiger partial charge in [-0.15, -0.1) is 0 Å². The molecule has 1 saturated heterocycles. The summed E-state index contributed by atoms with van der Waals surface area (Å²) in [6, 6.07) is 8.13. The lowest BCUT2D eigenvalue weighted by atomic mass is 10.1. The van der Waals surface area contributed by atoms with Crippen LogP contribution in [-0.4, -0.2) is 42.9 Å². The normalized spacial score (nSPS) is 16.5. The first kappa shape index (κ1) is 21.5. The molecule has 9 heteroatoms. The Bertz CT molecular complexity index is 935. The Balaban J connectivity index is 1.70. The van der Waals surface area contributed by atoms with E-state index in [0.29, 0.717) is 41.5 Å². The highest BCUT2D eigenvalue weighted by atomic mass is 32.2. The summed E-state index contributed by atoms with van der Waals surface area (Å²) in [6.07, 6.45) is 3.38. The van der Waals surface area contributed by atoms with Crippen molar-refractivity contribution >= 4 is 21.7 Å². The molecule has 3 rings (SSSR count). The maximum Gasteiger partial charge on any atom is 0.243 e. The summed E-state index contributed by atoms with van der Waals surface area (Å²) >= 11 is 0. The number of hydrogen-bond acceptors (Lipinski definition) is 6. The van der Waals surface area contributed by atoms with Gasteiger partial charge in [-0.05, 0) is 37.8 Å². The minimum atomic E-state index is -3.54. The summed E-state index contributed by atoms with van der Waals surface area (Å²) in [5.41, 5.74) is 0.654. The van der Waals surface area contributed by atoms with Crippen LogP contribution in [0.25, 0.3) is 0 Å². The topological polar surface area (TPSA) is 105 Å². The highest BCUT2D eigenvalue weighted by Crippen LogP contribution is 2.23. The molecule has 0 saturated carbocycles. The summed E-state index contributed by atoms with van der Waals surface area (Å²) in [6.45, 7) is 5.02. The van der Waals surface area contributed by atoms with Crippen LogP contribution < -0.4 is 10.6 Å². The predicted molar refractivity (Wildman–Crippen MR) is 110 cm³/mol. The monoisotopic (exact) mass is 420 g/mol. The van der Waals surface area contributed by atoms with Gasteiger partial charge in [0.2, 0.25) is 15.9 Å². The Labute approximate surface area is 171 Å². The average Bonchev–Trinajstić information content (AvgIpc) is 3.14. The number of anilines is 1. The molecular weight excluding hydrogens is 392 g/mol. The predicted octanol–water partition coefficient (Wildman–Crippen LogP) is 2.66. The van der Waals surface area contributed by atoms with Crippen molar-refractivity contribution in [2.24, 2.45) is 0 Å². The van der Waals surface area contributed by atoms with Crippen LogP contribution in [0.3, 0.4) is 0 Å². The summed E-state index contributed by atoms with van der Waals surface area (Å²) in [7, 11) is -3.54. The van der Waals surface area contributed by atoms with Crippen molar-refractivity contribution in [1.82, 2.24) is 14.8 Å². The van der Waals surface area contributed by atoms with Crippen LogP contribution in [0.5, 0.6) is 0 Å². The second-order valence-electron chi connectivity index (χ2n) is 7.23. The minimum Gasteiger partial charge on any atom is -0.360 e. The van der Waals surface area contributed by atoms with Crippen LogP contribution in [0, 0.1) is 6.92 Å². The van der Waals surface area contributed by atoms with Gasteiger partial charge >= 0.3 is 0 Å². The zero-order valence-corrected chi connectivity index (χ0v) is 17.7. The number of piperidine rings is 1. The summed E-state index contributed by atoms with van der Waals surface area (Å²) in [5, 5.41) is 9.66. The zero-order chi connectivity index (χ0) is 20.9. The molecule has 2 aromatic rings. The molecule has 1 aromatic carbocycles. The first-order valence-electron chi connectivity index (χ1n) is 9.97. The van der Waals surface area contributed by atoms with Gasteiger partial charge in [-0.25, -0.2) is 8.42 Å². The van der Waals surface area contributed by atoms with Crippen molar-refractivity contribution in [3.8, 4) is 0 Å². The van der Waals surface area contributed by atoms with Gasteiger partial charge in [0.1, 0.15) is 5.76 Å². The minimum absolute atomic E-state index is 0.239. The van der Waals surface area contributed by atoms with Gasteiger partial charge in [-0.3, -0.25) is 4.79 Å². The highest BCUT2D eigenvalue weighted by Gasteiger charge is 2.28. The Morgan fingerprint density at radius 3 is 2.62 bits per heavy atom. The van der Waals surface area contributed by atoms with Gasteiger partial charge in [0, 0.05) is 25.7 Å². The number of carbonyl (C=O) groups excluding carboxylic acids is 1. The molecule has 1 fully saturated rings. The van der Waals surface area contributed by atoms with E-state index in [1.54, 1.807) is 35.5 Å². The Hall–Kier alpha value is -2.23. The fraction of sp³-hybridized carbons (Fsp3) is 0.500. The number of carbonyl (C=O) groups is 1. The van der Waals surface area contributed by atoms with E-state index in [0.717, 1.165) is 19.3 Å². The molecule has 1 amide bonds. The van der Waals surface area contributed by atoms with Crippen LogP contribution in [0.2, 0.25) is 0 Å². The van der Waals surface area contributed by atoms with Crippen molar-refractivity contribution < 1.29 is 17.7 Å². The molecule has 29 heavy (non-hydrogen) atoms. The third kappa shape index (κ3) is 5.23. The van der Waals surface area contributed by atoms with E-state index in [1.165, 1.54) is 0 Å². The molecule has 1 unspecified atom stereocenters. The van der Waals surface area contributed by atoms with Crippen LogP contribution >= 0.6 is 0 Å². The number of aromatic nitrogens is 1. The van der Waals surface area contributed by atoms with Crippen molar-refractivity contribution in [3.63, 3.8) is 0 Å². The number of nitrogens with zero attached hydrogens (tertiary/aromatic N) is 2. The molecule has 1 atom stereocenters. The maximum absolute atomic E-state index is 13.1. The summed E-state index contributed by atoms with van der Waals surface area (Å²) in [5.74, 6) is 0.733. The third-order valence-corrected chi connectivity index (χ3v) is 7.05. The third-order valence-electron chi connectivity index (χ3n) is 5.05. The van der Waals surface area contributed by atoms with Crippen LogP contribution in [-0.2, 0) is 21.4 Å². The Morgan fingerprint density at radius 1 is 1.24 bits per heavy atom. The molecule has 2 N–H and O–H groups in total. The molecule has 8 nitrogen and oxygen atoms in total. The smallest absolute Gasteiger partial charge is 0.243 e. The quantitative estimate of drug-likeness (QED) is 0.680. The second kappa shape index (κ2) is 9.51. The van der Waals surface area contributed by atoms with Gasteiger partial charge in [-0.2, -0.15) is 4.31 Å². The number of aryl methyl sites for hydroxylation is 1. The molecular formula is C20H28N4O4S. The van der Waals surface area contributed by atoms with Gasteiger partial charge in [0.15, 0.2) is 5.82 Å². The number of benzene rings is 1. The van der Waals surface area contributed by atoms with Crippen molar-refractivity contribution in [3.05, 3.63) is 41.7 Å². The van der Waals surface area contributed by atoms with Crippen LogP contribution in [0.1, 0.15) is 43.9 Å².